The Bertz CT molecular complexity index is 540. The van der Waals surface area contributed by atoms with Gasteiger partial charge in [0.1, 0.15) is 0 Å². The van der Waals surface area contributed by atoms with Crippen LogP contribution in [0.1, 0.15) is 37.0 Å². The number of nitrogens with zero attached hydrogens (tertiary/aromatic N) is 2. The summed E-state index contributed by atoms with van der Waals surface area (Å²) in [5, 5.41) is 0. The van der Waals surface area contributed by atoms with Crippen LogP contribution in [0.2, 0.25) is 0 Å². The van der Waals surface area contributed by atoms with Gasteiger partial charge < -0.3 is 4.57 Å². The molecule has 0 radical (unpaired) electrons. The summed E-state index contributed by atoms with van der Waals surface area (Å²) in [7, 11) is 2.91. The molecule has 0 bridgehead atoms. The fourth-order valence-electron chi connectivity index (χ4n) is 1.57. The van der Waals surface area contributed by atoms with Crippen LogP contribution in [-0.2, 0) is 14.1 Å². The van der Waals surface area contributed by atoms with Gasteiger partial charge in [-0.3, -0.25) is 14.2 Å². The van der Waals surface area contributed by atoms with Gasteiger partial charge >= 0.3 is 5.69 Å². The summed E-state index contributed by atoms with van der Waals surface area (Å²) in [4.78, 5) is 35.2. The molecule has 0 aliphatic carbocycles. The summed E-state index contributed by atoms with van der Waals surface area (Å²) in [6.07, 6.45) is 2.55. The van der Waals surface area contributed by atoms with Crippen LogP contribution in [0.15, 0.2) is 15.8 Å². The maximum Gasteiger partial charge on any atom is 0.330 e. The lowest BCUT2D eigenvalue weighted by Crippen LogP contribution is -2.39. The minimum Gasteiger partial charge on any atom is -0.303 e. The van der Waals surface area contributed by atoms with Crippen LogP contribution in [0.5, 0.6) is 0 Å². The summed E-state index contributed by atoms with van der Waals surface area (Å²) < 4.78 is 2.22. The average Bonchev–Trinajstić information content (AvgIpc) is 2.30. The minimum absolute atomic E-state index is 0.0925. The van der Waals surface area contributed by atoms with Gasteiger partial charge in [-0.15, -0.1) is 0 Å². The monoisotopic (exact) mass is 238 g/mol. The van der Waals surface area contributed by atoms with Gasteiger partial charge in [-0.2, -0.15) is 0 Å². The van der Waals surface area contributed by atoms with Crippen molar-refractivity contribution < 1.29 is 4.79 Å². The molecule has 1 unspecified atom stereocenters. The van der Waals surface area contributed by atoms with E-state index in [1.54, 1.807) is 0 Å². The highest BCUT2D eigenvalue weighted by molar-refractivity contribution is 5.95. The number of hydrogen-bond donors (Lipinski definition) is 0. The third kappa shape index (κ3) is 2.72. The van der Waals surface area contributed by atoms with E-state index in [0.29, 0.717) is 6.42 Å². The molecule has 0 aromatic carbocycles. The van der Waals surface area contributed by atoms with Crippen molar-refractivity contribution in [3.05, 3.63) is 32.6 Å². The molecule has 0 spiro atoms. The lowest BCUT2D eigenvalue weighted by atomic mass is 9.99. The Balaban J connectivity index is 3.20. The third-order valence-corrected chi connectivity index (χ3v) is 2.98. The standard InChI is InChI=1S/C12H18N2O3/c1-5-8(2)6-10(15)9-7-13(3)12(17)14(4)11(9)16/h7-8H,5-6H2,1-4H3. The number of Topliss-reactive ketones (excluding diaryl/α,β-unsaturated/α-hetero) is 1. The molecule has 17 heavy (non-hydrogen) atoms. The molecule has 5 heteroatoms. The largest absolute Gasteiger partial charge is 0.330 e. The third-order valence-electron chi connectivity index (χ3n) is 2.98. The van der Waals surface area contributed by atoms with Crippen LogP contribution in [0.3, 0.4) is 0 Å². The Morgan fingerprint density at radius 3 is 2.47 bits per heavy atom. The molecule has 0 aliphatic heterocycles. The topological polar surface area (TPSA) is 61.1 Å². The molecule has 0 saturated carbocycles. The van der Waals surface area contributed by atoms with E-state index in [2.05, 4.69) is 0 Å². The van der Waals surface area contributed by atoms with Crippen LogP contribution in [-0.4, -0.2) is 14.9 Å². The molecule has 5 nitrogen and oxygen atoms in total. The minimum atomic E-state index is -0.513. The maximum absolute atomic E-state index is 11.9. The fourth-order valence-corrected chi connectivity index (χ4v) is 1.57. The van der Waals surface area contributed by atoms with Crippen LogP contribution in [0.4, 0.5) is 0 Å². The van der Waals surface area contributed by atoms with E-state index in [-0.39, 0.29) is 17.3 Å². The number of aromatic nitrogens is 2. The zero-order chi connectivity index (χ0) is 13.2. The second-order valence-corrected chi connectivity index (χ2v) is 4.44. The predicted molar refractivity (Wildman–Crippen MR) is 65.3 cm³/mol. The molecular formula is C12H18N2O3. The Morgan fingerprint density at radius 1 is 1.35 bits per heavy atom. The zero-order valence-electron chi connectivity index (χ0n) is 10.7. The van der Waals surface area contributed by atoms with Gasteiger partial charge in [0.15, 0.2) is 5.78 Å². The molecule has 0 saturated heterocycles. The smallest absolute Gasteiger partial charge is 0.303 e. The number of carbonyl (C=O) groups is 1. The average molecular weight is 238 g/mol. The summed E-state index contributed by atoms with van der Waals surface area (Å²) in [6.45, 7) is 3.96. The number of ketones is 1. The lowest BCUT2D eigenvalue weighted by molar-refractivity contribution is 0.0960. The molecule has 94 valence electrons. The van der Waals surface area contributed by atoms with Crippen molar-refractivity contribution in [1.29, 1.82) is 0 Å². The van der Waals surface area contributed by atoms with Crippen molar-refractivity contribution in [3.63, 3.8) is 0 Å². The normalized spacial score (nSPS) is 12.5. The number of aryl methyl sites for hydroxylation is 1. The molecule has 1 heterocycles. The first-order valence-electron chi connectivity index (χ1n) is 5.68. The van der Waals surface area contributed by atoms with Gasteiger partial charge in [-0.25, -0.2) is 4.79 Å². The molecule has 0 fully saturated rings. The fraction of sp³-hybridized carbons (Fsp3) is 0.583. The van der Waals surface area contributed by atoms with E-state index in [1.807, 2.05) is 13.8 Å². The zero-order valence-corrected chi connectivity index (χ0v) is 10.7. The van der Waals surface area contributed by atoms with Crippen molar-refractivity contribution in [3.8, 4) is 0 Å². The van der Waals surface area contributed by atoms with E-state index < -0.39 is 11.2 Å². The Kier molecular flexibility index (Phi) is 4.04. The van der Waals surface area contributed by atoms with E-state index in [9.17, 15) is 14.4 Å². The van der Waals surface area contributed by atoms with Gasteiger partial charge in [0.2, 0.25) is 0 Å². The van der Waals surface area contributed by atoms with Crippen molar-refractivity contribution in [2.24, 2.45) is 20.0 Å². The SMILES string of the molecule is CCC(C)CC(=O)c1cn(C)c(=O)n(C)c1=O. The van der Waals surface area contributed by atoms with Gasteiger partial charge in [0, 0.05) is 26.7 Å². The number of rotatable bonds is 4. The van der Waals surface area contributed by atoms with E-state index in [0.717, 1.165) is 11.0 Å². The number of carbonyl (C=O) groups excluding carboxylic acids is 1. The second kappa shape index (κ2) is 5.12. The van der Waals surface area contributed by atoms with Crippen molar-refractivity contribution >= 4 is 5.78 Å². The molecule has 0 N–H and O–H groups in total. The van der Waals surface area contributed by atoms with Crippen LogP contribution >= 0.6 is 0 Å². The van der Waals surface area contributed by atoms with Crippen LogP contribution < -0.4 is 11.2 Å². The molecule has 0 amide bonds. The van der Waals surface area contributed by atoms with Gasteiger partial charge in [-0.1, -0.05) is 20.3 Å². The molecule has 1 atom stereocenters. The Labute approximate surface area is 99.7 Å². The first-order chi connectivity index (χ1) is 7.88. The molecule has 1 rings (SSSR count). The molecule has 0 aliphatic rings. The number of hydrogen-bond acceptors (Lipinski definition) is 3. The summed E-state index contributed by atoms with van der Waals surface area (Å²) in [6, 6.07) is 0. The van der Waals surface area contributed by atoms with Crippen molar-refractivity contribution in [1.82, 2.24) is 9.13 Å². The quantitative estimate of drug-likeness (QED) is 0.725. The summed E-state index contributed by atoms with van der Waals surface area (Å²) >= 11 is 0. The first kappa shape index (κ1) is 13.4. The van der Waals surface area contributed by atoms with Crippen molar-refractivity contribution in [2.45, 2.75) is 26.7 Å². The lowest BCUT2D eigenvalue weighted by Gasteiger charge is -2.09. The van der Waals surface area contributed by atoms with Crippen molar-refractivity contribution in [2.75, 3.05) is 0 Å². The summed E-state index contributed by atoms with van der Waals surface area (Å²) in [5.74, 6) is 0.0417. The van der Waals surface area contributed by atoms with Gasteiger partial charge in [0.25, 0.3) is 5.56 Å². The highest BCUT2D eigenvalue weighted by Gasteiger charge is 2.16. The van der Waals surface area contributed by atoms with E-state index in [4.69, 9.17) is 0 Å². The summed E-state index contributed by atoms with van der Waals surface area (Å²) in [5.41, 5.74) is -0.841. The highest BCUT2D eigenvalue weighted by Crippen LogP contribution is 2.09. The highest BCUT2D eigenvalue weighted by atomic mass is 16.2. The maximum atomic E-state index is 11.9. The van der Waals surface area contributed by atoms with Gasteiger partial charge in [0.05, 0.1) is 5.56 Å². The van der Waals surface area contributed by atoms with Crippen LogP contribution in [0, 0.1) is 5.92 Å². The first-order valence-corrected chi connectivity index (χ1v) is 5.68. The van der Waals surface area contributed by atoms with Gasteiger partial charge in [-0.05, 0) is 5.92 Å². The van der Waals surface area contributed by atoms with E-state index >= 15 is 0 Å². The van der Waals surface area contributed by atoms with Crippen LogP contribution in [0.25, 0.3) is 0 Å². The predicted octanol–water partition coefficient (Wildman–Crippen LogP) is 0.703. The molecule has 1 aromatic heterocycles. The Morgan fingerprint density at radius 2 is 1.94 bits per heavy atom. The Hall–Kier alpha value is -1.65. The molecule has 1 aromatic rings. The molecular weight excluding hydrogens is 220 g/mol. The van der Waals surface area contributed by atoms with E-state index in [1.165, 1.54) is 24.9 Å². The second-order valence-electron chi connectivity index (χ2n) is 4.44.